The Morgan fingerprint density at radius 3 is 2.97 bits per heavy atom. The van der Waals surface area contributed by atoms with Gasteiger partial charge in [0.25, 0.3) is 11.5 Å². The fourth-order valence-electron chi connectivity index (χ4n) is 3.77. The molecule has 11 heteroatoms. The molecule has 1 aliphatic carbocycles. The molecule has 0 aromatic carbocycles. The quantitative estimate of drug-likeness (QED) is 0.562. The zero-order chi connectivity index (χ0) is 21.4. The highest BCUT2D eigenvalue weighted by atomic mass is 19.1. The van der Waals surface area contributed by atoms with Crippen LogP contribution in [0.15, 0.2) is 23.4 Å². The Kier molecular flexibility index (Phi) is 5.20. The number of fused-ring (bicyclic) bond motifs is 1. The van der Waals surface area contributed by atoms with Crippen molar-refractivity contribution >= 4 is 22.8 Å². The molecule has 1 fully saturated rings. The molecule has 1 amide bonds. The minimum Gasteiger partial charge on any atom is -0.391 e. The first-order valence-electron chi connectivity index (χ1n) is 9.59. The fraction of sp³-hybridized carbons (Fsp3) is 0.421. The summed E-state index contributed by atoms with van der Waals surface area (Å²) < 4.78 is 14.8. The number of aromatic nitrogens is 5. The number of carbonyl (C=O) groups excluding carboxylic acids is 1. The zero-order valence-electron chi connectivity index (χ0n) is 16.6. The SMILES string of the molecule is CN(Cc1cc(F)cn(C)c1=O)C(=O)c1n[nH]c2ncnc(N[C@@H]3CCC[C@H]3O)c12. The second-order valence-electron chi connectivity index (χ2n) is 7.53. The topological polar surface area (TPSA) is 129 Å². The van der Waals surface area contributed by atoms with Crippen LogP contribution in [0, 0.1) is 5.82 Å². The number of rotatable bonds is 5. The van der Waals surface area contributed by atoms with Gasteiger partial charge in [0.1, 0.15) is 18.0 Å². The van der Waals surface area contributed by atoms with E-state index in [2.05, 4.69) is 25.5 Å². The van der Waals surface area contributed by atoms with Gasteiger partial charge in [0.2, 0.25) is 0 Å². The van der Waals surface area contributed by atoms with E-state index in [4.69, 9.17) is 0 Å². The molecule has 2 atom stereocenters. The van der Waals surface area contributed by atoms with E-state index < -0.39 is 17.8 Å². The average Bonchev–Trinajstić information content (AvgIpc) is 3.32. The lowest BCUT2D eigenvalue weighted by molar-refractivity contribution is 0.0780. The maximum absolute atomic E-state index is 13.7. The highest BCUT2D eigenvalue weighted by Crippen LogP contribution is 2.27. The van der Waals surface area contributed by atoms with Crippen molar-refractivity contribution in [2.45, 2.75) is 38.0 Å². The molecule has 0 unspecified atom stereocenters. The summed E-state index contributed by atoms with van der Waals surface area (Å²) in [5, 5.41) is 20.5. The van der Waals surface area contributed by atoms with Crippen molar-refractivity contribution in [3.63, 3.8) is 0 Å². The standard InChI is InChI=1S/C19H22FN7O3/c1-26(7-10-6-11(20)8-27(2)18(10)29)19(30)15-14-16(21-9-22-17(14)25-24-15)23-12-4-3-5-13(12)28/h6,8-9,12-13,28H,3-5,7H2,1-2H3,(H2,21,22,23,24,25)/t12-,13-/m1/s1. The second kappa shape index (κ2) is 7.82. The smallest absolute Gasteiger partial charge is 0.275 e. The van der Waals surface area contributed by atoms with E-state index in [0.717, 1.165) is 29.7 Å². The molecule has 0 spiro atoms. The molecule has 3 aromatic rings. The number of aliphatic hydroxyl groups excluding tert-OH is 1. The first kappa shape index (κ1) is 20.0. The molecule has 3 heterocycles. The third-order valence-corrected chi connectivity index (χ3v) is 5.34. The number of halogens is 1. The maximum Gasteiger partial charge on any atom is 0.275 e. The van der Waals surface area contributed by atoms with Gasteiger partial charge in [0.05, 0.1) is 24.1 Å². The lowest BCUT2D eigenvalue weighted by Gasteiger charge is -2.19. The van der Waals surface area contributed by atoms with Crippen molar-refractivity contribution in [3.05, 3.63) is 46.0 Å². The predicted molar refractivity (Wildman–Crippen MR) is 106 cm³/mol. The molecule has 0 bridgehead atoms. The molecule has 10 nitrogen and oxygen atoms in total. The number of aromatic amines is 1. The van der Waals surface area contributed by atoms with Crippen LogP contribution in [0.3, 0.4) is 0 Å². The number of nitrogens with zero attached hydrogens (tertiary/aromatic N) is 5. The third-order valence-electron chi connectivity index (χ3n) is 5.34. The summed E-state index contributed by atoms with van der Waals surface area (Å²) in [4.78, 5) is 34.9. The molecular weight excluding hydrogens is 393 g/mol. The number of hydrogen-bond donors (Lipinski definition) is 3. The number of pyridine rings is 1. The maximum atomic E-state index is 13.7. The van der Waals surface area contributed by atoms with Crippen LogP contribution >= 0.6 is 0 Å². The van der Waals surface area contributed by atoms with Crippen molar-refractivity contribution in [1.29, 1.82) is 0 Å². The van der Waals surface area contributed by atoms with E-state index >= 15 is 0 Å². The van der Waals surface area contributed by atoms with Gasteiger partial charge < -0.3 is 19.9 Å². The molecule has 158 valence electrons. The van der Waals surface area contributed by atoms with Gasteiger partial charge in [-0.15, -0.1) is 0 Å². The van der Waals surface area contributed by atoms with Gasteiger partial charge in [0.15, 0.2) is 11.3 Å². The second-order valence-corrected chi connectivity index (χ2v) is 7.53. The van der Waals surface area contributed by atoms with Crippen LogP contribution in [0.2, 0.25) is 0 Å². The van der Waals surface area contributed by atoms with E-state index in [-0.39, 0.29) is 29.4 Å². The number of aliphatic hydroxyl groups is 1. The summed E-state index contributed by atoms with van der Waals surface area (Å²) in [7, 11) is 2.95. The number of carbonyl (C=O) groups is 1. The molecule has 0 aliphatic heterocycles. The van der Waals surface area contributed by atoms with Crippen LogP contribution in [0.1, 0.15) is 35.3 Å². The summed E-state index contributed by atoms with van der Waals surface area (Å²) in [5.41, 5.74) is 0.218. The van der Waals surface area contributed by atoms with Gasteiger partial charge >= 0.3 is 0 Å². The number of H-pyrrole nitrogens is 1. The van der Waals surface area contributed by atoms with Gasteiger partial charge in [-0.05, 0) is 25.3 Å². The summed E-state index contributed by atoms with van der Waals surface area (Å²) in [6.45, 7) is -0.0879. The van der Waals surface area contributed by atoms with Crippen LogP contribution < -0.4 is 10.9 Å². The van der Waals surface area contributed by atoms with Gasteiger partial charge in [-0.3, -0.25) is 14.7 Å². The first-order valence-corrected chi connectivity index (χ1v) is 9.59. The Balaban J connectivity index is 1.64. The number of hydrogen-bond acceptors (Lipinski definition) is 7. The molecule has 0 radical (unpaired) electrons. The average molecular weight is 415 g/mol. The highest BCUT2D eigenvalue weighted by Gasteiger charge is 2.28. The Bertz CT molecular complexity index is 1160. The zero-order valence-corrected chi connectivity index (χ0v) is 16.6. The molecule has 1 aliphatic rings. The Morgan fingerprint density at radius 2 is 2.23 bits per heavy atom. The van der Waals surface area contributed by atoms with Crippen LogP contribution in [0.4, 0.5) is 10.2 Å². The van der Waals surface area contributed by atoms with Crippen molar-refractivity contribution in [1.82, 2.24) is 29.6 Å². The van der Waals surface area contributed by atoms with Gasteiger partial charge in [-0.25, -0.2) is 14.4 Å². The molecule has 3 aromatic heterocycles. The molecular formula is C19H22FN7O3. The van der Waals surface area contributed by atoms with Crippen LogP contribution in [-0.2, 0) is 13.6 Å². The molecule has 0 saturated heterocycles. The van der Waals surface area contributed by atoms with Gasteiger partial charge in [-0.2, -0.15) is 5.10 Å². The monoisotopic (exact) mass is 415 g/mol. The number of nitrogens with one attached hydrogen (secondary N) is 2. The van der Waals surface area contributed by atoms with E-state index in [1.165, 1.54) is 25.3 Å². The summed E-state index contributed by atoms with van der Waals surface area (Å²) in [5.74, 6) is -0.635. The van der Waals surface area contributed by atoms with E-state index in [9.17, 15) is 19.1 Å². The van der Waals surface area contributed by atoms with Crippen molar-refractivity contribution in [3.8, 4) is 0 Å². The van der Waals surface area contributed by atoms with E-state index in [1.807, 2.05) is 0 Å². The van der Waals surface area contributed by atoms with Crippen LogP contribution in [0.25, 0.3) is 11.0 Å². The first-order chi connectivity index (χ1) is 14.3. The summed E-state index contributed by atoms with van der Waals surface area (Å²) in [6.07, 6.45) is 4.33. The molecule has 3 N–H and O–H groups in total. The van der Waals surface area contributed by atoms with E-state index in [1.54, 1.807) is 0 Å². The Labute approximate surface area is 170 Å². The normalized spacial score (nSPS) is 18.7. The van der Waals surface area contributed by atoms with Gasteiger partial charge in [-0.1, -0.05) is 0 Å². The van der Waals surface area contributed by atoms with Gasteiger partial charge in [0, 0.05) is 25.9 Å². The van der Waals surface area contributed by atoms with Crippen LogP contribution in [-0.4, -0.2) is 59.8 Å². The fourth-order valence-corrected chi connectivity index (χ4v) is 3.77. The predicted octanol–water partition coefficient (Wildman–Crippen LogP) is 0.788. The van der Waals surface area contributed by atoms with Crippen molar-refractivity contribution < 1.29 is 14.3 Å². The minimum absolute atomic E-state index is 0.0799. The summed E-state index contributed by atoms with van der Waals surface area (Å²) >= 11 is 0. The van der Waals surface area contributed by atoms with Crippen molar-refractivity contribution in [2.24, 2.45) is 7.05 Å². The lowest BCUT2D eigenvalue weighted by Crippen LogP contribution is -2.32. The minimum atomic E-state index is -0.562. The van der Waals surface area contributed by atoms with Crippen molar-refractivity contribution in [2.75, 3.05) is 12.4 Å². The number of amides is 1. The number of aryl methyl sites for hydroxylation is 1. The molecule has 4 rings (SSSR count). The largest absolute Gasteiger partial charge is 0.391 e. The van der Waals surface area contributed by atoms with E-state index in [0.29, 0.717) is 23.3 Å². The van der Waals surface area contributed by atoms with Crippen LogP contribution in [0.5, 0.6) is 0 Å². The third kappa shape index (κ3) is 3.63. The molecule has 30 heavy (non-hydrogen) atoms. The lowest BCUT2D eigenvalue weighted by atomic mass is 10.2. The Morgan fingerprint density at radius 1 is 1.43 bits per heavy atom. The Hall–Kier alpha value is -3.34. The molecule has 1 saturated carbocycles. The number of anilines is 1. The highest BCUT2D eigenvalue weighted by molar-refractivity contribution is 6.07. The summed E-state index contributed by atoms with van der Waals surface area (Å²) in [6, 6.07) is 0.945.